The van der Waals surface area contributed by atoms with Crippen LogP contribution in [0.3, 0.4) is 0 Å². The summed E-state index contributed by atoms with van der Waals surface area (Å²) in [7, 11) is 1.08. The Morgan fingerprint density at radius 3 is 2.71 bits per heavy atom. The number of ether oxygens (including phenoxy) is 2. The summed E-state index contributed by atoms with van der Waals surface area (Å²) in [4.78, 5) is 36.5. The van der Waals surface area contributed by atoms with Gasteiger partial charge in [0.05, 0.1) is 17.7 Å². The molecule has 0 radical (unpaired) electrons. The SMILES string of the molecule is COC(=O)[C@@H]1OC(=O)C=C(Cl)c2oc3cc(C)cc(O)c3c(=O)c21. The van der Waals surface area contributed by atoms with Crippen LogP contribution in [0, 0.1) is 6.92 Å². The van der Waals surface area contributed by atoms with Gasteiger partial charge in [-0.2, -0.15) is 0 Å². The molecule has 0 saturated heterocycles. The average molecular weight is 351 g/mol. The van der Waals surface area contributed by atoms with Crippen LogP contribution >= 0.6 is 11.6 Å². The third kappa shape index (κ3) is 2.43. The van der Waals surface area contributed by atoms with E-state index in [4.69, 9.17) is 20.8 Å². The van der Waals surface area contributed by atoms with E-state index in [0.29, 0.717) is 5.56 Å². The molecule has 0 spiro atoms. The molecule has 8 heteroatoms. The van der Waals surface area contributed by atoms with E-state index in [1.807, 2.05) is 0 Å². The normalized spacial score (nSPS) is 16.9. The van der Waals surface area contributed by atoms with Crippen molar-refractivity contribution in [3.8, 4) is 5.75 Å². The molecule has 24 heavy (non-hydrogen) atoms. The van der Waals surface area contributed by atoms with Gasteiger partial charge in [-0.3, -0.25) is 4.79 Å². The maximum atomic E-state index is 12.8. The van der Waals surface area contributed by atoms with E-state index in [-0.39, 0.29) is 33.1 Å². The van der Waals surface area contributed by atoms with E-state index in [1.165, 1.54) is 12.1 Å². The van der Waals surface area contributed by atoms with Crippen LogP contribution in [0.25, 0.3) is 16.0 Å². The maximum Gasteiger partial charge on any atom is 0.352 e. The number of hydrogen-bond donors (Lipinski definition) is 1. The van der Waals surface area contributed by atoms with E-state index >= 15 is 0 Å². The number of rotatable bonds is 1. The minimum absolute atomic E-state index is 0.0702. The summed E-state index contributed by atoms with van der Waals surface area (Å²) in [5.41, 5.74) is -0.324. The summed E-state index contributed by atoms with van der Waals surface area (Å²) in [5.74, 6) is -2.39. The van der Waals surface area contributed by atoms with Gasteiger partial charge in [0.25, 0.3) is 0 Å². The van der Waals surface area contributed by atoms with Crippen LogP contribution in [0.2, 0.25) is 0 Å². The Kier molecular flexibility index (Phi) is 3.81. The molecule has 2 heterocycles. The number of aryl methyl sites for hydroxylation is 1. The van der Waals surface area contributed by atoms with Crippen molar-refractivity contribution in [2.75, 3.05) is 7.11 Å². The molecule has 3 rings (SSSR count). The molecule has 0 fully saturated rings. The summed E-state index contributed by atoms with van der Waals surface area (Å²) in [5, 5.41) is 9.74. The number of phenols is 1. The number of benzene rings is 1. The van der Waals surface area contributed by atoms with Gasteiger partial charge in [0.15, 0.2) is 5.76 Å². The predicted molar refractivity (Wildman–Crippen MR) is 83.6 cm³/mol. The second-order valence-corrected chi connectivity index (χ2v) is 5.57. The average Bonchev–Trinajstić information content (AvgIpc) is 2.62. The van der Waals surface area contributed by atoms with Crippen molar-refractivity contribution in [2.24, 2.45) is 0 Å². The minimum atomic E-state index is -1.65. The van der Waals surface area contributed by atoms with Crippen molar-refractivity contribution in [3.63, 3.8) is 0 Å². The van der Waals surface area contributed by atoms with Crippen molar-refractivity contribution in [1.82, 2.24) is 0 Å². The second kappa shape index (κ2) is 5.68. The molecule has 2 aromatic rings. The van der Waals surface area contributed by atoms with Crippen LogP contribution in [0.5, 0.6) is 5.75 Å². The zero-order valence-electron chi connectivity index (χ0n) is 12.6. The molecule has 1 atom stereocenters. The molecule has 0 unspecified atom stereocenters. The number of methoxy groups -OCH3 is 1. The van der Waals surface area contributed by atoms with Gasteiger partial charge < -0.3 is 19.0 Å². The fourth-order valence-electron chi connectivity index (χ4n) is 2.51. The number of esters is 2. The van der Waals surface area contributed by atoms with Crippen LogP contribution in [0.4, 0.5) is 0 Å². The number of carbonyl (C=O) groups excluding carboxylic acids is 2. The lowest BCUT2D eigenvalue weighted by atomic mass is 10.0. The third-order valence-corrected chi connectivity index (χ3v) is 3.81. The van der Waals surface area contributed by atoms with Crippen molar-refractivity contribution >= 4 is 39.5 Å². The van der Waals surface area contributed by atoms with Crippen LogP contribution < -0.4 is 5.43 Å². The number of halogens is 1. The number of phenolic OH excluding ortho intramolecular Hbond substituents is 1. The van der Waals surface area contributed by atoms with Crippen molar-refractivity contribution < 1.29 is 28.6 Å². The van der Waals surface area contributed by atoms with E-state index in [2.05, 4.69) is 4.74 Å². The second-order valence-electron chi connectivity index (χ2n) is 5.16. The van der Waals surface area contributed by atoms with Gasteiger partial charge in [0, 0.05) is 6.08 Å². The topological polar surface area (TPSA) is 103 Å². The van der Waals surface area contributed by atoms with Gasteiger partial charge in [0.1, 0.15) is 16.7 Å². The molecule has 1 N–H and O–H groups in total. The summed E-state index contributed by atoms with van der Waals surface area (Å²) < 4.78 is 15.1. The quantitative estimate of drug-likeness (QED) is 0.786. The van der Waals surface area contributed by atoms with Gasteiger partial charge in [-0.15, -0.1) is 0 Å². The number of cyclic esters (lactones) is 1. The monoisotopic (exact) mass is 350 g/mol. The molecule has 1 aromatic heterocycles. The number of carbonyl (C=O) groups is 2. The van der Waals surface area contributed by atoms with Crippen LogP contribution in [0.15, 0.2) is 27.4 Å². The lowest BCUT2D eigenvalue weighted by Gasteiger charge is -2.15. The lowest BCUT2D eigenvalue weighted by molar-refractivity contribution is -0.163. The first-order chi connectivity index (χ1) is 11.3. The van der Waals surface area contributed by atoms with Crippen LogP contribution in [-0.2, 0) is 19.1 Å². The number of fused-ring (bicyclic) bond motifs is 2. The molecule has 7 nitrogen and oxygen atoms in total. The summed E-state index contributed by atoms with van der Waals surface area (Å²) in [6, 6.07) is 2.90. The van der Waals surface area contributed by atoms with Crippen molar-refractivity contribution in [2.45, 2.75) is 13.0 Å². The molecular weight excluding hydrogens is 340 g/mol. The lowest BCUT2D eigenvalue weighted by Crippen LogP contribution is -2.26. The largest absolute Gasteiger partial charge is 0.507 e. The first-order valence-corrected chi connectivity index (χ1v) is 7.17. The van der Waals surface area contributed by atoms with E-state index in [1.54, 1.807) is 6.92 Å². The Morgan fingerprint density at radius 2 is 2.04 bits per heavy atom. The Hall–Kier alpha value is -2.80. The molecule has 0 aliphatic carbocycles. The number of hydrogen-bond acceptors (Lipinski definition) is 7. The summed E-state index contributed by atoms with van der Waals surface area (Å²) in [6.07, 6.45) is -0.750. The highest BCUT2D eigenvalue weighted by Gasteiger charge is 2.36. The third-order valence-electron chi connectivity index (χ3n) is 3.53. The Morgan fingerprint density at radius 1 is 1.33 bits per heavy atom. The summed E-state index contributed by atoms with van der Waals surface area (Å²) >= 11 is 6.02. The molecule has 1 aliphatic rings. The maximum absolute atomic E-state index is 12.8. The zero-order chi connectivity index (χ0) is 17.6. The van der Waals surface area contributed by atoms with Gasteiger partial charge >= 0.3 is 11.9 Å². The Bertz CT molecular complexity index is 971. The first-order valence-electron chi connectivity index (χ1n) is 6.79. The van der Waals surface area contributed by atoms with E-state index < -0.39 is 23.5 Å². The highest BCUT2D eigenvalue weighted by Crippen LogP contribution is 2.35. The molecule has 124 valence electrons. The van der Waals surface area contributed by atoms with E-state index in [0.717, 1.165) is 13.2 Å². The Labute approximate surface area is 140 Å². The van der Waals surface area contributed by atoms with Gasteiger partial charge in [-0.05, 0) is 24.6 Å². The smallest absolute Gasteiger partial charge is 0.352 e. The fourth-order valence-corrected chi connectivity index (χ4v) is 2.74. The minimum Gasteiger partial charge on any atom is -0.507 e. The summed E-state index contributed by atoms with van der Waals surface area (Å²) in [6.45, 7) is 1.70. The standard InChI is InChI=1S/C16H11ClO7/c1-6-3-8(18)11-9(4-6)23-14-7(17)5-10(19)24-15(16(21)22-2)12(14)13(11)20/h3-5,15,18H,1-2H3/t15-/m1/s1. The molecule has 1 aliphatic heterocycles. The van der Waals surface area contributed by atoms with Gasteiger partial charge in [0.2, 0.25) is 11.5 Å². The van der Waals surface area contributed by atoms with Crippen molar-refractivity contribution in [3.05, 3.63) is 45.3 Å². The predicted octanol–water partition coefficient (Wildman–Crippen LogP) is 2.16. The highest BCUT2D eigenvalue weighted by atomic mass is 35.5. The van der Waals surface area contributed by atoms with Crippen molar-refractivity contribution in [1.29, 1.82) is 0 Å². The molecule has 0 saturated carbocycles. The first kappa shape index (κ1) is 16.1. The number of aromatic hydroxyl groups is 1. The van der Waals surface area contributed by atoms with Gasteiger partial charge in [-0.1, -0.05) is 11.6 Å². The van der Waals surface area contributed by atoms with E-state index in [9.17, 15) is 19.5 Å². The van der Waals surface area contributed by atoms with Crippen LogP contribution in [0.1, 0.15) is 23.0 Å². The highest BCUT2D eigenvalue weighted by molar-refractivity contribution is 6.50. The fraction of sp³-hybridized carbons (Fsp3) is 0.188. The van der Waals surface area contributed by atoms with Crippen LogP contribution in [-0.4, -0.2) is 24.2 Å². The van der Waals surface area contributed by atoms with Gasteiger partial charge in [-0.25, -0.2) is 9.59 Å². The molecular formula is C16H11ClO7. The molecule has 0 bridgehead atoms. The molecule has 1 aromatic carbocycles. The Balaban J connectivity index is 2.45. The molecule has 0 amide bonds. The zero-order valence-corrected chi connectivity index (χ0v) is 13.3.